The number of hydrogen-bond acceptors (Lipinski definition) is 3. The highest BCUT2D eigenvalue weighted by molar-refractivity contribution is 9.10. The summed E-state index contributed by atoms with van der Waals surface area (Å²) in [6.45, 7) is 0.726. The molecule has 4 nitrogen and oxygen atoms in total. The molecule has 0 N–H and O–H groups in total. The number of benzene rings is 1. The average Bonchev–Trinajstić information content (AvgIpc) is 3.40. The molecule has 4 rings (SSSR count). The molecular formula is C19H22BrNO3. The van der Waals surface area contributed by atoms with Crippen molar-refractivity contribution in [3.05, 3.63) is 34.3 Å². The fourth-order valence-electron chi connectivity index (χ4n) is 4.08. The second-order valence-electron chi connectivity index (χ2n) is 7.37. The monoisotopic (exact) mass is 391 g/mol. The van der Waals surface area contributed by atoms with Gasteiger partial charge in [-0.15, -0.1) is 0 Å². The molecule has 128 valence electrons. The van der Waals surface area contributed by atoms with Gasteiger partial charge in [-0.25, -0.2) is 4.79 Å². The maximum atomic E-state index is 12.8. The van der Waals surface area contributed by atoms with Crippen LogP contribution >= 0.6 is 15.9 Å². The summed E-state index contributed by atoms with van der Waals surface area (Å²) in [7, 11) is 0. The topological polar surface area (TPSA) is 46.6 Å². The molecule has 0 aromatic heterocycles. The number of rotatable bonds is 3. The van der Waals surface area contributed by atoms with Crippen molar-refractivity contribution < 1.29 is 14.3 Å². The molecule has 3 fully saturated rings. The van der Waals surface area contributed by atoms with Crippen molar-refractivity contribution in [3.63, 3.8) is 0 Å². The highest BCUT2D eigenvalue weighted by Crippen LogP contribution is 2.47. The van der Waals surface area contributed by atoms with Crippen molar-refractivity contribution in [3.8, 4) is 0 Å². The molecule has 1 saturated heterocycles. The molecule has 0 radical (unpaired) electrons. The van der Waals surface area contributed by atoms with Crippen LogP contribution in [0.1, 0.15) is 56.6 Å². The zero-order valence-corrected chi connectivity index (χ0v) is 15.3. The lowest BCUT2D eigenvalue weighted by atomic mass is 9.80. The van der Waals surface area contributed by atoms with Crippen molar-refractivity contribution in [2.45, 2.75) is 56.6 Å². The third-order valence-electron chi connectivity index (χ3n) is 5.68. The summed E-state index contributed by atoms with van der Waals surface area (Å²) >= 11 is 3.48. The molecule has 1 spiro atoms. The fraction of sp³-hybridized carbons (Fsp3) is 0.579. The molecule has 0 unspecified atom stereocenters. The molecule has 1 amide bonds. The Morgan fingerprint density at radius 3 is 2.33 bits per heavy atom. The lowest BCUT2D eigenvalue weighted by Gasteiger charge is -2.45. The van der Waals surface area contributed by atoms with Gasteiger partial charge in [0.1, 0.15) is 11.4 Å². The lowest BCUT2D eigenvalue weighted by molar-refractivity contribution is -0.129. The predicted molar refractivity (Wildman–Crippen MR) is 93.6 cm³/mol. The van der Waals surface area contributed by atoms with Crippen LogP contribution in [0.4, 0.5) is 4.79 Å². The van der Waals surface area contributed by atoms with Gasteiger partial charge in [0.15, 0.2) is 0 Å². The Morgan fingerprint density at radius 2 is 1.75 bits per heavy atom. The van der Waals surface area contributed by atoms with Crippen LogP contribution in [0.5, 0.6) is 0 Å². The van der Waals surface area contributed by atoms with Gasteiger partial charge in [-0.2, -0.15) is 0 Å². The molecule has 0 bridgehead atoms. The first-order valence-electron chi connectivity index (χ1n) is 8.83. The zero-order chi connectivity index (χ0) is 16.7. The minimum Gasteiger partial charge on any atom is -0.443 e. The SMILES string of the molecule is O=C1CCC2(CC1)CCN([C@H](c1ccc(Br)cc1)C1CC1)C(=O)O2. The Hall–Kier alpha value is -1.36. The summed E-state index contributed by atoms with van der Waals surface area (Å²) in [6, 6.07) is 8.39. The highest BCUT2D eigenvalue weighted by Gasteiger charge is 2.47. The normalized spacial score (nSPS) is 24.8. The van der Waals surface area contributed by atoms with Crippen LogP contribution in [0.25, 0.3) is 0 Å². The number of halogens is 1. The van der Waals surface area contributed by atoms with E-state index in [4.69, 9.17) is 4.74 Å². The molecule has 24 heavy (non-hydrogen) atoms. The lowest BCUT2D eigenvalue weighted by Crippen LogP contribution is -2.52. The number of amides is 1. The van der Waals surface area contributed by atoms with Crippen LogP contribution in [0.3, 0.4) is 0 Å². The van der Waals surface area contributed by atoms with E-state index in [1.54, 1.807) is 0 Å². The van der Waals surface area contributed by atoms with Gasteiger partial charge in [0.25, 0.3) is 0 Å². The van der Waals surface area contributed by atoms with E-state index >= 15 is 0 Å². The van der Waals surface area contributed by atoms with E-state index in [0.717, 1.165) is 17.4 Å². The minimum absolute atomic E-state index is 0.119. The number of Topliss-reactive ketones (excluding diaryl/α,β-unsaturated/α-hetero) is 1. The highest BCUT2D eigenvalue weighted by atomic mass is 79.9. The summed E-state index contributed by atoms with van der Waals surface area (Å²) in [5.74, 6) is 0.838. The molecule has 1 aromatic carbocycles. The minimum atomic E-state index is -0.394. The van der Waals surface area contributed by atoms with Crippen molar-refractivity contribution in [2.24, 2.45) is 5.92 Å². The number of carbonyl (C=O) groups excluding carboxylic acids is 2. The van der Waals surface area contributed by atoms with Gasteiger partial charge in [-0.3, -0.25) is 4.79 Å². The average molecular weight is 392 g/mol. The van der Waals surface area contributed by atoms with E-state index in [9.17, 15) is 9.59 Å². The molecule has 1 aromatic rings. The molecule has 1 atom stereocenters. The van der Waals surface area contributed by atoms with Gasteiger partial charge in [0.2, 0.25) is 0 Å². The molecule has 2 aliphatic carbocycles. The van der Waals surface area contributed by atoms with Crippen LogP contribution in [-0.2, 0) is 9.53 Å². The van der Waals surface area contributed by atoms with E-state index in [0.29, 0.717) is 37.4 Å². The molecule has 3 aliphatic rings. The zero-order valence-electron chi connectivity index (χ0n) is 13.7. The summed E-state index contributed by atoms with van der Waals surface area (Å²) in [5.41, 5.74) is 0.794. The number of carbonyl (C=O) groups is 2. The van der Waals surface area contributed by atoms with E-state index in [2.05, 4.69) is 28.1 Å². The van der Waals surface area contributed by atoms with Gasteiger partial charge < -0.3 is 9.64 Å². The quantitative estimate of drug-likeness (QED) is 0.754. The van der Waals surface area contributed by atoms with Crippen molar-refractivity contribution in [2.75, 3.05) is 6.54 Å². The Labute approximate surface area is 150 Å². The molecule has 1 heterocycles. The second kappa shape index (κ2) is 6.17. The Morgan fingerprint density at radius 1 is 1.08 bits per heavy atom. The first-order valence-corrected chi connectivity index (χ1v) is 9.62. The molecule has 2 saturated carbocycles. The van der Waals surface area contributed by atoms with Crippen LogP contribution in [0, 0.1) is 5.92 Å². The maximum absolute atomic E-state index is 12.8. The summed E-state index contributed by atoms with van der Waals surface area (Å²) in [5, 5.41) is 0. The second-order valence-corrected chi connectivity index (χ2v) is 8.28. The number of nitrogens with zero attached hydrogens (tertiary/aromatic N) is 1. The number of ether oxygens (including phenoxy) is 1. The fourth-order valence-corrected chi connectivity index (χ4v) is 4.34. The smallest absolute Gasteiger partial charge is 0.410 e. The van der Waals surface area contributed by atoms with Crippen molar-refractivity contribution in [1.82, 2.24) is 4.90 Å². The Kier molecular flexibility index (Phi) is 4.15. The van der Waals surface area contributed by atoms with Gasteiger partial charge in [-0.1, -0.05) is 28.1 Å². The van der Waals surface area contributed by atoms with E-state index < -0.39 is 5.60 Å². The Bertz CT molecular complexity index is 643. The number of hydrogen-bond donors (Lipinski definition) is 0. The van der Waals surface area contributed by atoms with Crippen LogP contribution in [0.15, 0.2) is 28.7 Å². The third-order valence-corrected chi connectivity index (χ3v) is 6.21. The van der Waals surface area contributed by atoms with E-state index in [1.165, 1.54) is 18.4 Å². The molecule has 5 heteroatoms. The summed E-state index contributed by atoms with van der Waals surface area (Å²) in [6.07, 6.45) is 5.46. The van der Waals surface area contributed by atoms with Crippen LogP contribution in [0.2, 0.25) is 0 Å². The summed E-state index contributed by atoms with van der Waals surface area (Å²) < 4.78 is 6.95. The van der Waals surface area contributed by atoms with Gasteiger partial charge in [0, 0.05) is 30.3 Å². The van der Waals surface area contributed by atoms with Crippen molar-refractivity contribution >= 4 is 27.8 Å². The van der Waals surface area contributed by atoms with Gasteiger partial charge >= 0.3 is 6.09 Å². The molecular weight excluding hydrogens is 370 g/mol. The third kappa shape index (κ3) is 3.10. The van der Waals surface area contributed by atoms with Crippen molar-refractivity contribution in [1.29, 1.82) is 0 Å². The maximum Gasteiger partial charge on any atom is 0.410 e. The predicted octanol–water partition coefficient (Wildman–Crippen LogP) is 4.62. The van der Waals surface area contributed by atoms with E-state index in [-0.39, 0.29) is 12.1 Å². The van der Waals surface area contributed by atoms with Gasteiger partial charge in [-0.05, 0) is 49.3 Å². The van der Waals surface area contributed by atoms with E-state index in [1.807, 2.05) is 17.0 Å². The largest absolute Gasteiger partial charge is 0.443 e. The summed E-state index contributed by atoms with van der Waals surface area (Å²) in [4.78, 5) is 26.2. The molecule has 1 aliphatic heterocycles. The standard InChI is InChI=1S/C19H22BrNO3/c20-15-5-3-14(4-6-15)17(13-1-2-13)21-12-11-19(24-18(21)23)9-7-16(22)8-10-19/h3-6,13,17H,1-2,7-12H2/t17-/m0/s1. The number of ketones is 1. The first kappa shape index (κ1) is 16.1. The van der Waals surface area contributed by atoms with Crippen LogP contribution in [-0.4, -0.2) is 28.9 Å². The first-order chi connectivity index (χ1) is 11.6. The van der Waals surface area contributed by atoms with Gasteiger partial charge in [0.05, 0.1) is 6.04 Å². The Balaban J connectivity index is 1.52. The van der Waals surface area contributed by atoms with Crippen LogP contribution < -0.4 is 0 Å².